The van der Waals surface area contributed by atoms with Gasteiger partial charge in [0, 0.05) is 6.42 Å². The van der Waals surface area contributed by atoms with E-state index in [1.807, 2.05) is 47.6 Å². The lowest BCUT2D eigenvalue weighted by molar-refractivity contribution is -0.142. The van der Waals surface area contributed by atoms with Crippen LogP contribution in [0.3, 0.4) is 0 Å². The molecule has 122 valence electrons. The molecule has 3 heteroatoms. The van der Waals surface area contributed by atoms with E-state index in [-0.39, 0.29) is 11.6 Å². The van der Waals surface area contributed by atoms with E-state index in [0.29, 0.717) is 25.7 Å². The molecule has 3 nitrogen and oxygen atoms in total. The average Bonchev–Trinajstić information content (AvgIpc) is 2.51. The Hall–Kier alpha value is -1.25. The van der Waals surface area contributed by atoms with Gasteiger partial charge in [0.1, 0.15) is 12.1 Å². The van der Waals surface area contributed by atoms with Crippen LogP contribution in [-0.4, -0.2) is 17.9 Å². The lowest BCUT2D eigenvalue weighted by Gasteiger charge is -2.27. The summed E-state index contributed by atoms with van der Waals surface area (Å²) in [5.74, 6) is -0.961. The summed E-state index contributed by atoms with van der Waals surface area (Å²) in [7, 11) is 0. The normalized spacial score (nSPS) is 11.8. The van der Waals surface area contributed by atoms with Crippen molar-refractivity contribution in [2.75, 3.05) is 0 Å². The van der Waals surface area contributed by atoms with Crippen LogP contribution >= 0.6 is 0 Å². The quantitative estimate of drug-likeness (QED) is 0.356. The molecule has 1 unspecified atom stereocenters. The average molecular weight is 296 g/mol. The summed E-state index contributed by atoms with van der Waals surface area (Å²) in [4.78, 5) is 35.9. The van der Waals surface area contributed by atoms with Gasteiger partial charge in [-0.1, -0.05) is 46.3 Å². The largest absolute Gasteiger partial charge is 0.302 e. The maximum Gasteiger partial charge on any atom is 0.156 e. The Bertz CT molecular complexity index is 359. The van der Waals surface area contributed by atoms with E-state index in [4.69, 9.17) is 0 Å². The lowest BCUT2D eigenvalue weighted by Crippen LogP contribution is -2.39. The molecule has 1 atom stereocenters. The molecule has 0 amide bonds. The van der Waals surface area contributed by atoms with Crippen molar-refractivity contribution in [2.45, 2.75) is 74.1 Å². The van der Waals surface area contributed by atoms with Crippen molar-refractivity contribution in [2.24, 2.45) is 11.3 Å². The fraction of sp³-hybridized carbons (Fsp3) is 0.722. The summed E-state index contributed by atoms with van der Waals surface area (Å²) in [6.07, 6.45) is 4.27. The van der Waals surface area contributed by atoms with Gasteiger partial charge in [0.15, 0.2) is 5.78 Å². The topological polar surface area (TPSA) is 51.2 Å². The van der Waals surface area contributed by atoms with Crippen LogP contribution in [0.25, 0.3) is 0 Å². The van der Waals surface area contributed by atoms with Crippen LogP contribution in [0.5, 0.6) is 0 Å². The van der Waals surface area contributed by atoms with Gasteiger partial charge >= 0.3 is 0 Å². The second kappa shape index (κ2) is 11.4. The highest BCUT2D eigenvalue weighted by Gasteiger charge is 2.40. The first-order chi connectivity index (χ1) is 9.88. The summed E-state index contributed by atoms with van der Waals surface area (Å²) < 4.78 is 0. The van der Waals surface area contributed by atoms with Crippen LogP contribution in [0.1, 0.15) is 74.1 Å². The third-order valence-corrected chi connectivity index (χ3v) is 3.79. The molecule has 0 saturated heterocycles. The van der Waals surface area contributed by atoms with E-state index in [1.54, 1.807) is 6.92 Å². The third kappa shape index (κ3) is 6.36. The van der Waals surface area contributed by atoms with Crippen molar-refractivity contribution in [1.29, 1.82) is 0 Å². The van der Waals surface area contributed by atoms with Crippen molar-refractivity contribution in [3.8, 4) is 0 Å². The SMILES string of the molecule is CC.CCC(=O)C(CC=C(C)C)C(=O)C(C=O)(CC)CC. The highest BCUT2D eigenvalue weighted by molar-refractivity contribution is 6.10. The first-order valence-corrected chi connectivity index (χ1v) is 8.05. The molecule has 0 aliphatic heterocycles. The highest BCUT2D eigenvalue weighted by atomic mass is 16.2. The Kier molecular flexibility index (Phi) is 12.0. The second-order valence-electron chi connectivity index (χ2n) is 5.23. The van der Waals surface area contributed by atoms with Gasteiger partial charge in [-0.2, -0.15) is 0 Å². The summed E-state index contributed by atoms with van der Waals surface area (Å²) in [5, 5.41) is 0. The van der Waals surface area contributed by atoms with Crippen LogP contribution in [0.2, 0.25) is 0 Å². The van der Waals surface area contributed by atoms with E-state index < -0.39 is 11.3 Å². The Morgan fingerprint density at radius 2 is 1.52 bits per heavy atom. The van der Waals surface area contributed by atoms with Crippen molar-refractivity contribution in [1.82, 2.24) is 0 Å². The van der Waals surface area contributed by atoms with E-state index in [0.717, 1.165) is 11.9 Å². The van der Waals surface area contributed by atoms with Gasteiger partial charge in [-0.3, -0.25) is 9.59 Å². The molecule has 0 bridgehead atoms. The molecular weight excluding hydrogens is 264 g/mol. The first-order valence-electron chi connectivity index (χ1n) is 8.05. The molecule has 0 saturated carbocycles. The minimum Gasteiger partial charge on any atom is -0.302 e. The van der Waals surface area contributed by atoms with Gasteiger partial charge in [-0.15, -0.1) is 0 Å². The van der Waals surface area contributed by atoms with Crippen LogP contribution < -0.4 is 0 Å². The Labute approximate surface area is 130 Å². The monoisotopic (exact) mass is 296 g/mol. The molecule has 0 aromatic carbocycles. The predicted molar refractivity (Wildman–Crippen MR) is 88.3 cm³/mol. The Morgan fingerprint density at radius 1 is 1.05 bits per heavy atom. The first kappa shape index (κ1) is 22.0. The standard InChI is InChI=1S/C16H26O3.C2H6/c1-6-14(18)13(10-9-12(4)5)15(19)16(7-2,8-3)11-17;1-2/h9,11,13H,6-8,10H2,1-5H3;1-2H3. The van der Waals surface area contributed by atoms with Gasteiger partial charge in [0.25, 0.3) is 0 Å². The smallest absolute Gasteiger partial charge is 0.156 e. The van der Waals surface area contributed by atoms with E-state index >= 15 is 0 Å². The minimum absolute atomic E-state index is 0.0735. The molecule has 0 radical (unpaired) electrons. The van der Waals surface area contributed by atoms with Crippen LogP contribution in [-0.2, 0) is 14.4 Å². The maximum atomic E-state index is 12.6. The molecule has 21 heavy (non-hydrogen) atoms. The van der Waals surface area contributed by atoms with E-state index in [2.05, 4.69) is 0 Å². The molecule has 0 aliphatic carbocycles. The van der Waals surface area contributed by atoms with Gasteiger partial charge in [0.2, 0.25) is 0 Å². The summed E-state index contributed by atoms with van der Waals surface area (Å²) in [6, 6.07) is 0. The van der Waals surface area contributed by atoms with Gasteiger partial charge in [-0.25, -0.2) is 0 Å². The number of hydrogen-bond donors (Lipinski definition) is 0. The third-order valence-electron chi connectivity index (χ3n) is 3.79. The molecule has 0 fully saturated rings. The second-order valence-corrected chi connectivity index (χ2v) is 5.23. The van der Waals surface area contributed by atoms with Gasteiger partial charge < -0.3 is 4.79 Å². The van der Waals surface area contributed by atoms with Gasteiger partial charge in [-0.05, 0) is 33.1 Å². The number of rotatable bonds is 9. The van der Waals surface area contributed by atoms with Gasteiger partial charge in [0.05, 0.1) is 11.3 Å². The van der Waals surface area contributed by atoms with Crippen molar-refractivity contribution >= 4 is 17.9 Å². The van der Waals surface area contributed by atoms with Crippen LogP contribution in [0.4, 0.5) is 0 Å². The predicted octanol–water partition coefficient (Wildman–Crippen LogP) is 4.54. The van der Waals surface area contributed by atoms with Crippen molar-refractivity contribution in [3.63, 3.8) is 0 Å². The molecule has 0 rings (SSSR count). The summed E-state index contributed by atoms with van der Waals surface area (Å²) in [5.41, 5.74) is 0.0803. The fourth-order valence-corrected chi connectivity index (χ4v) is 2.15. The number of carbonyl (C=O) groups is 3. The number of allylic oxidation sites excluding steroid dienone is 2. The number of hydrogen-bond acceptors (Lipinski definition) is 3. The van der Waals surface area contributed by atoms with Crippen LogP contribution in [0, 0.1) is 11.3 Å². The molecule has 0 heterocycles. The Balaban J connectivity index is 0. The highest BCUT2D eigenvalue weighted by Crippen LogP contribution is 2.30. The van der Waals surface area contributed by atoms with E-state index in [9.17, 15) is 14.4 Å². The molecule has 0 N–H and O–H groups in total. The lowest BCUT2D eigenvalue weighted by atomic mass is 9.72. The number of aldehydes is 1. The maximum absolute atomic E-state index is 12.6. The zero-order valence-electron chi connectivity index (χ0n) is 14.8. The molecule has 0 aromatic rings. The molecule has 0 aliphatic rings. The summed E-state index contributed by atoms with van der Waals surface area (Å²) >= 11 is 0. The summed E-state index contributed by atoms with van der Waals surface area (Å²) in [6.45, 7) is 13.3. The van der Waals surface area contributed by atoms with Crippen LogP contribution in [0.15, 0.2) is 11.6 Å². The Morgan fingerprint density at radius 3 is 1.81 bits per heavy atom. The zero-order valence-corrected chi connectivity index (χ0v) is 14.8. The fourth-order valence-electron chi connectivity index (χ4n) is 2.15. The number of carbonyl (C=O) groups excluding carboxylic acids is 3. The zero-order chi connectivity index (χ0) is 17.1. The molecule has 0 spiro atoms. The number of ketones is 2. The number of Topliss-reactive ketones (excluding diaryl/α,β-unsaturated/α-hetero) is 2. The van der Waals surface area contributed by atoms with E-state index in [1.165, 1.54) is 0 Å². The van der Waals surface area contributed by atoms with Crippen molar-refractivity contribution < 1.29 is 14.4 Å². The minimum atomic E-state index is -0.995. The molecule has 0 aromatic heterocycles. The molecular formula is C18H32O3. The van der Waals surface area contributed by atoms with Crippen molar-refractivity contribution in [3.05, 3.63) is 11.6 Å².